The Morgan fingerprint density at radius 3 is 0.500 bits per heavy atom. The fraction of sp³-hybridized carbons (Fsp3) is 0.980. The van der Waals surface area contributed by atoms with Gasteiger partial charge in [-0.25, -0.2) is 4.79 Å². The lowest BCUT2D eigenvalue weighted by Gasteiger charge is -2.07. The summed E-state index contributed by atoms with van der Waals surface area (Å²) in [4.78, 5) is 11.8. The van der Waals surface area contributed by atoms with Crippen LogP contribution in [-0.2, 0) is 9.47 Å². The molecule has 0 aromatic carbocycles. The summed E-state index contributed by atoms with van der Waals surface area (Å²) in [5, 5.41) is 0. The molecule has 3 heteroatoms. The first-order valence-corrected chi connectivity index (χ1v) is 25.6. The maximum Gasteiger partial charge on any atom is 0.508 e. The van der Waals surface area contributed by atoms with E-state index in [0.717, 1.165) is 25.7 Å². The minimum Gasteiger partial charge on any atom is -0.434 e. The molecule has 0 aliphatic heterocycles. The highest BCUT2D eigenvalue weighted by Gasteiger charge is 2.04. The van der Waals surface area contributed by atoms with Gasteiger partial charge in [-0.15, -0.1) is 0 Å². The lowest BCUT2D eigenvalue weighted by atomic mass is 10.0. The van der Waals surface area contributed by atoms with E-state index in [4.69, 9.17) is 9.47 Å². The second-order valence-electron chi connectivity index (χ2n) is 17.5. The number of unbranched alkanes of at least 4 members (excludes halogenated alkanes) is 44. The maximum atomic E-state index is 11.8. The van der Waals surface area contributed by atoms with Crippen molar-refractivity contribution in [1.29, 1.82) is 0 Å². The Hall–Kier alpha value is -0.730. The number of carbonyl (C=O) groups excluding carboxylic acids is 1. The Morgan fingerprint density at radius 2 is 0.352 bits per heavy atom. The summed E-state index contributed by atoms with van der Waals surface area (Å²) in [5.41, 5.74) is 0. The topological polar surface area (TPSA) is 35.5 Å². The summed E-state index contributed by atoms with van der Waals surface area (Å²) in [5.74, 6) is 0. The molecule has 0 spiro atoms. The Morgan fingerprint density at radius 1 is 0.222 bits per heavy atom. The van der Waals surface area contributed by atoms with E-state index >= 15 is 0 Å². The summed E-state index contributed by atoms with van der Waals surface area (Å²) in [6.07, 6.45) is 63.6. The van der Waals surface area contributed by atoms with E-state index in [1.807, 2.05) is 0 Å². The molecule has 0 heterocycles. The zero-order chi connectivity index (χ0) is 38.9. The Balaban J connectivity index is 3.14. The molecular weight excluding hydrogens is 661 g/mol. The van der Waals surface area contributed by atoms with E-state index in [-0.39, 0.29) is 0 Å². The van der Waals surface area contributed by atoms with Crippen molar-refractivity contribution in [2.24, 2.45) is 0 Å². The van der Waals surface area contributed by atoms with Gasteiger partial charge in [-0.05, 0) is 12.8 Å². The predicted octanol–water partition coefficient (Wildman–Crippen LogP) is 19.1. The molecule has 0 fully saturated rings. The van der Waals surface area contributed by atoms with Crippen LogP contribution in [0.1, 0.15) is 309 Å². The highest BCUT2D eigenvalue weighted by atomic mass is 16.7. The van der Waals surface area contributed by atoms with E-state index in [9.17, 15) is 4.79 Å². The van der Waals surface area contributed by atoms with Crippen molar-refractivity contribution in [3.63, 3.8) is 0 Å². The second-order valence-corrected chi connectivity index (χ2v) is 17.5. The number of carbonyl (C=O) groups is 1. The van der Waals surface area contributed by atoms with Crippen LogP contribution in [0, 0.1) is 0 Å². The Bertz CT molecular complexity index is 609. The summed E-state index contributed by atoms with van der Waals surface area (Å²) >= 11 is 0. The van der Waals surface area contributed by atoms with Gasteiger partial charge in [0, 0.05) is 0 Å². The van der Waals surface area contributed by atoms with Crippen LogP contribution in [0.3, 0.4) is 0 Å². The van der Waals surface area contributed by atoms with Gasteiger partial charge in [-0.1, -0.05) is 296 Å². The van der Waals surface area contributed by atoms with Crippen LogP contribution in [-0.4, -0.2) is 19.4 Å². The van der Waals surface area contributed by atoms with Crippen molar-refractivity contribution in [2.45, 2.75) is 309 Å². The van der Waals surface area contributed by atoms with Crippen LogP contribution in [0.4, 0.5) is 4.79 Å². The summed E-state index contributed by atoms with van der Waals surface area (Å²) in [6.45, 7) is 5.62. The molecule has 0 saturated heterocycles. The number of ether oxygens (including phenoxy) is 2. The van der Waals surface area contributed by atoms with E-state index in [1.54, 1.807) is 0 Å². The van der Waals surface area contributed by atoms with Crippen LogP contribution in [0.5, 0.6) is 0 Å². The lowest BCUT2D eigenvalue weighted by Crippen LogP contribution is -2.09. The highest BCUT2D eigenvalue weighted by Crippen LogP contribution is 2.17. The van der Waals surface area contributed by atoms with E-state index < -0.39 is 6.16 Å². The highest BCUT2D eigenvalue weighted by molar-refractivity contribution is 5.59. The molecule has 0 unspecified atom stereocenters. The van der Waals surface area contributed by atoms with Crippen molar-refractivity contribution in [3.05, 3.63) is 0 Å². The molecule has 0 radical (unpaired) electrons. The minimum absolute atomic E-state index is 0.465. The zero-order valence-electron chi connectivity index (χ0n) is 37.7. The molecule has 54 heavy (non-hydrogen) atoms. The van der Waals surface area contributed by atoms with Gasteiger partial charge in [0.1, 0.15) is 0 Å². The van der Waals surface area contributed by atoms with Gasteiger partial charge in [-0.2, -0.15) is 0 Å². The monoisotopic (exact) mass is 763 g/mol. The molecule has 0 aromatic rings. The summed E-state index contributed by atoms with van der Waals surface area (Å²) in [7, 11) is 0. The number of rotatable bonds is 48. The lowest BCUT2D eigenvalue weighted by molar-refractivity contribution is 0.0529. The van der Waals surface area contributed by atoms with Crippen LogP contribution in [0.15, 0.2) is 0 Å². The van der Waals surface area contributed by atoms with Crippen LogP contribution in [0.2, 0.25) is 0 Å². The summed E-state index contributed by atoms with van der Waals surface area (Å²) in [6, 6.07) is 0. The average Bonchev–Trinajstić information content (AvgIpc) is 3.18. The van der Waals surface area contributed by atoms with Gasteiger partial charge >= 0.3 is 6.16 Å². The third kappa shape index (κ3) is 49.3. The minimum atomic E-state index is -0.465. The van der Waals surface area contributed by atoms with Crippen LogP contribution >= 0.6 is 0 Å². The molecule has 0 aliphatic carbocycles. The molecule has 0 N–H and O–H groups in total. The van der Waals surface area contributed by atoms with Gasteiger partial charge in [0.05, 0.1) is 13.2 Å². The standard InChI is InChI=1S/C51H102O3/c1-3-5-7-9-11-13-15-17-19-21-23-25-27-29-31-33-35-37-39-41-43-45-47-49-53-51(52)54-50-48-46-44-42-40-38-36-34-32-30-28-26-24-22-20-18-16-14-12-10-8-6-4-2/h3-50H2,1-2H3. The largest absolute Gasteiger partial charge is 0.508 e. The molecule has 0 saturated carbocycles. The molecular formula is C51H102O3. The van der Waals surface area contributed by atoms with Crippen LogP contribution < -0.4 is 0 Å². The van der Waals surface area contributed by atoms with Crippen molar-refractivity contribution < 1.29 is 14.3 Å². The van der Waals surface area contributed by atoms with Gasteiger partial charge in [0.2, 0.25) is 0 Å². The Labute approximate surface area is 341 Å². The third-order valence-corrected chi connectivity index (χ3v) is 11.9. The molecule has 0 rings (SSSR count). The van der Waals surface area contributed by atoms with Crippen molar-refractivity contribution in [2.75, 3.05) is 13.2 Å². The molecule has 0 aromatic heterocycles. The normalized spacial score (nSPS) is 11.4. The number of hydrogen-bond acceptors (Lipinski definition) is 3. The zero-order valence-corrected chi connectivity index (χ0v) is 37.7. The van der Waals surface area contributed by atoms with Crippen molar-refractivity contribution >= 4 is 6.16 Å². The average molecular weight is 763 g/mol. The molecule has 0 aliphatic rings. The van der Waals surface area contributed by atoms with Crippen molar-refractivity contribution in [3.8, 4) is 0 Å². The predicted molar refractivity (Wildman–Crippen MR) is 241 cm³/mol. The van der Waals surface area contributed by atoms with Crippen LogP contribution in [0.25, 0.3) is 0 Å². The summed E-state index contributed by atoms with van der Waals surface area (Å²) < 4.78 is 10.6. The van der Waals surface area contributed by atoms with E-state index in [2.05, 4.69) is 13.8 Å². The first-order valence-electron chi connectivity index (χ1n) is 25.6. The van der Waals surface area contributed by atoms with Gasteiger partial charge in [0.25, 0.3) is 0 Å². The quantitative estimate of drug-likeness (QED) is 0.0457. The van der Waals surface area contributed by atoms with Crippen molar-refractivity contribution in [1.82, 2.24) is 0 Å². The SMILES string of the molecule is CCCCCCCCCCCCCCCCCCCCCCCCCOC(=O)OCCCCCCCCCCCCCCCCCCCCCCCCC. The maximum absolute atomic E-state index is 11.8. The Kier molecular flexibility index (Phi) is 49.6. The van der Waals surface area contributed by atoms with Gasteiger partial charge in [0.15, 0.2) is 0 Å². The fourth-order valence-electron chi connectivity index (χ4n) is 8.13. The smallest absolute Gasteiger partial charge is 0.434 e. The molecule has 0 atom stereocenters. The molecule has 324 valence electrons. The third-order valence-electron chi connectivity index (χ3n) is 11.9. The molecule has 3 nitrogen and oxygen atoms in total. The first-order chi connectivity index (χ1) is 26.8. The molecule has 0 amide bonds. The van der Waals surface area contributed by atoms with E-state index in [0.29, 0.717) is 13.2 Å². The molecule has 0 bridgehead atoms. The van der Waals surface area contributed by atoms with E-state index in [1.165, 1.54) is 270 Å². The van der Waals surface area contributed by atoms with Gasteiger partial charge < -0.3 is 9.47 Å². The first kappa shape index (κ1) is 53.3. The van der Waals surface area contributed by atoms with Gasteiger partial charge in [-0.3, -0.25) is 0 Å². The fourth-order valence-corrected chi connectivity index (χ4v) is 8.13. The number of hydrogen-bond donors (Lipinski definition) is 0. The second kappa shape index (κ2) is 50.3.